The fourth-order valence-electron chi connectivity index (χ4n) is 2.60. The van der Waals surface area contributed by atoms with Crippen molar-refractivity contribution in [2.75, 3.05) is 13.1 Å². The summed E-state index contributed by atoms with van der Waals surface area (Å²) in [4.78, 5) is 0.307. The molecule has 0 atom stereocenters. The Morgan fingerprint density at radius 2 is 1.24 bits per heavy atom. The van der Waals surface area contributed by atoms with Crippen LogP contribution in [-0.2, 0) is 0 Å². The summed E-state index contributed by atoms with van der Waals surface area (Å²) in [6.07, 6.45) is -5.13. The standard InChI is InChI=1S/C11H10F9N/c12-8(13)6(10(16,17)18)7(9(14,15)11(8,19)20)21-4-2-1-3-5-21/h1-5H2. The molecule has 0 saturated carbocycles. The van der Waals surface area contributed by atoms with Crippen molar-refractivity contribution in [2.45, 2.75) is 43.2 Å². The molecule has 1 saturated heterocycles. The van der Waals surface area contributed by atoms with Gasteiger partial charge in [0, 0.05) is 13.1 Å². The lowest BCUT2D eigenvalue weighted by Gasteiger charge is -2.34. The van der Waals surface area contributed by atoms with Crippen LogP contribution in [0.5, 0.6) is 0 Å². The molecule has 10 heteroatoms. The Labute approximate surface area is 113 Å². The van der Waals surface area contributed by atoms with Crippen LogP contribution in [0.3, 0.4) is 0 Å². The predicted molar refractivity (Wildman–Crippen MR) is 53.3 cm³/mol. The van der Waals surface area contributed by atoms with Crippen LogP contribution in [-0.4, -0.2) is 41.9 Å². The normalized spacial score (nSPS) is 28.1. The monoisotopic (exact) mass is 327 g/mol. The van der Waals surface area contributed by atoms with Crippen LogP contribution in [0.4, 0.5) is 39.5 Å². The number of alkyl halides is 9. The minimum absolute atomic E-state index is 0.169. The number of nitrogens with zero attached hydrogens (tertiary/aromatic N) is 1. The second kappa shape index (κ2) is 4.45. The quantitative estimate of drug-likeness (QED) is 0.652. The van der Waals surface area contributed by atoms with Gasteiger partial charge in [-0.1, -0.05) is 0 Å². The summed E-state index contributed by atoms with van der Waals surface area (Å²) in [7, 11) is 0. The van der Waals surface area contributed by atoms with Gasteiger partial charge in [0.15, 0.2) is 0 Å². The van der Waals surface area contributed by atoms with E-state index < -0.39 is 48.3 Å². The zero-order chi connectivity index (χ0) is 16.3. The Kier molecular flexibility index (Phi) is 3.45. The van der Waals surface area contributed by atoms with E-state index >= 15 is 0 Å². The Morgan fingerprint density at radius 1 is 0.762 bits per heavy atom. The lowest BCUT2D eigenvalue weighted by molar-refractivity contribution is -0.276. The van der Waals surface area contributed by atoms with Crippen molar-refractivity contribution in [1.29, 1.82) is 0 Å². The maximum absolute atomic E-state index is 13.6. The average Bonchev–Trinajstić information content (AvgIpc) is 2.44. The Hall–Kier alpha value is -1.09. The highest BCUT2D eigenvalue weighted by Gasteiger charge is 2.84. The van der Waals surface area contributed by atoms with Gasteiger partial charge in [-0.3, -0.25) is 0 Å². The summed E-state index contributed by atoms with van der Waals surface area (Å²) in [5.74, 6) is -17.7. The highest BCUT2D eigenvalue weighted by molar-refractivity contribution is 5.42. The SMILES string of the molecule is FC(F)(F)C1=C(N2CCCCC2)C(F)(F)C(F)(F)C1(F)F. The Balaban J connectivity index is 2.67. The highest BCUT2D eigenvalue weighted by Crippen LogP contribution is 2.63. The molecule has 21 heavy (non-hydrogen) atoms. The van der Waals surface area contributed by atoms with Crippen LogP contribution in [0.15, 0.2) is 11.3 Å². The van der Waals surface area contributed by atoms with Crippen molar-refractivity contribution < 1.29 is 39.5 Å². The van der Waals surface area contributed by atoms with Gasteiger partial charge in [-0.05, 0) is 19.3 Å². The van der Waals surface area contributed by atoms with Crippen molar-refractivity contribution in [3.8, 4) is 0 Å². The molecular weight excluding hydrogens is 317 g/mol. The Bertz CT molecular complexity index is 457. The van der Waals surface area contributed by atoms with E-state index in [2.05, 4.69) is 0 Å². The number of likely N-dealkylation sites (tertiary alicyclic amines) is 1. The van der Waals surface area contributed by atoms with Crippen LogP contribution in [0, 0.1) is 0 Å². The predicted octanol–water partition coefficient (Wildman–Crippen LogP) is 4.21. The molecular formula is C11H10F9N. The van der Waals surface area contributed by atoms with Gasteiger partial charge >= 0.3 is 23.9 Å². The van der Waals surface area contributed by atoms with Crippen molar-refractivity contribution in [1.82, 2.24) is 4.90 Å². The number of rotatable bonds is 1. The molecule has 1 heterocycles. The minimum atomic E-state index is -6.11. The average molecular weight is 327 g/mol. The number of hydrogen-bond acceptors (Lipinski definition) is 1. The van der Waals surface area contributed by atoms with E-state index in [0.29, 0.717) is 11.3 Å². The van der Waals surface area contributed by atoms with E-state index in [9.17, 15) is 39.5 Å². The molecule has 2 aliphatic rings. The van der Waals surface area contributed by atoms with Crippen molar-refractivity contribution in [2.24, 2.45) is 0 Å². The van der Waals surface area contributed by atoms with E-state index in [4.69, 9.17) is 0 Å². The third-order valence-electron chi connectivity index (χ3n) is 3.59. The summed E-state index contributed by atoms with van der Waals surface area (Å²) >= 11 is 0. The number of piperidine rings is 1. The van der Waals surface area contributed by atoms with Gasteiger partial charge in [-0.25, -0.2) is 0 Å². The minimum Gasteiger partial charge on any atom is -0.369 e. The van der Waals surface area contributed by atoms with E-state index in [0.717, 1.165) is 0 Å². The molecule has 0 aromatic rings. The van der Waals surface area contributed by atoms with Crippen LogP contribution in [0.2, 0.25) is 0 Å². The topological polar surface area (TPSA) is 3.24 Å². The van der Waals surface area contributed by atoms with E-state index in [-0.39, 0.29) is 12.8 Å². The molecule has 0 aromatic heterocycles. The van der Waals surface area contributed by atoms with E-state index in [1.54, 1.807) is 0 Å². The molecule has 0 spiro atoms. The van der Waals surface area contributed by atoms with Crippen LogP contribution in [0.1, 0.15) is 19.3 Å². The molecule has 122 valence electrons. The summed E-state index contributed by atoms with van der Waals surface area (Å²) in [6.45, 7) is -0.784. The molecule has 1 aliphatic heterocycles. The number of hydrogen-bond donors (Lipinski definition) is 0. The second-order valence-corrected chi connectivity index (χ2v) is 4.99. The lowest BCUT2D eigenvalue weighted by atomic mass is 10.1. The molecule has 2 rings (SSSR count). The molecule has 0 unspecified atom stereocenters. The fraction of sp³-hybridized carbons (Fsp3) is 0.818. The molecule has 1 aliphatic carbocycles. The lowest BCUT2D eigenvalue weighted by Crippen LogP contribution is -2.51. The first-order valence-electron chi connectivity index (χ1n) is 6.06. The zero-order valence-corrected chi connectivity index (χ0v) is 10.4. The second-order valence-electron chi connectivity index (χ2n) is 4.99. The third kappa shape index (κ3) is 2.09. The largest absolute Gasteiger partial charge is 0.420 e. The number of halogens is 9. The zero-order valence-electron chi connectivity index (χ0n) is 10.4. The Morgan fingerprint density at radius 3 is 1.67 bits per heavy atom. The third-order valence-corrected chi connectivity index (χ3v) is 3.59. The van der Waals surface area contributed by atoms with E-state index in [1.807, 2.05) is 0 Å². The van der Waals surface area contributed by atoms with Gasteiger partial charge in [0.1, 0.15) is 11.3 Å². The molecule has 1 nitrogen and oxygen atoms in total. The molecule has 1 fully saturated rings. The summed E-state index contributed by atoms with van der Waals surface area (Å²) < 4.78 is 119. The van der Waals surface area contributed by atoms with E-state index in [1.165, 1.54) is 0 Å². The fourth-order valence-corrected chi connectivity index (χ4v) is 2.60. The molecule has 0 amide bonds. The summed E-state index contributed by atoms with van der Waals surface area (Å²) in [5.41, 5.74) is -5.42. The molecule has 0 radical (unpaired) electrons. The van der Waals surface area contributed by atoms with Gasteiger partial charge in [0.05, 0.1) is 0 Å². The van der Waals surface area contributed by atoms with Gasteiger partial charge in [0.25, 0.3) is 0 Å². The van der Waals surface area contributed by atoms with Crippen LogP contribution in [0.25, 0.3) is 0 Å². The van der Waals surface area contributed by atoms with Crippen molar-refractivity contribution in [3.63, 3.8) is 0 Å². The smallest absolute Gasteiger partial charge is 0.369 e. The van der Waals surface area contributed by atoms with Crippen LogP contribution < -0.4 is 0 Å². The van der Waals surface area contributed by atoms with Gasteiger partial charge in [0.2, 0.25) is 0 Å². The van der Waals surface area contributed by atoms with Gasteiger partial charge in [-0.2, -0.15) is 39.5 Å². The summed E-state index contributed by atoms with van der Waals surface area (Å²) in [5, 5.41) is 0. The van der Waals surface area contributed by atoms with Gasteiger partial charge in [-0.15, -0.1) is 0 Å². The maximum atomic E-state index is 13.6. The maximum Gasteiger partial charge on any atom is 0.420 e. The first kappa shape index (κ1) is 16.3. The van der Waals surface area contributed by atoms with Gasteiger partial charge < -0.3 is 4.90 Å². The van der Waals surface area contributed by atoms with Crippen LogP contribution >= 0.6 is 0 Å². The number of allylic oxidation sites excluding steroid dienone is 2. The molecule has 0 aromatic carbocycles. The molecule has 0 N–H and O–H groups in total. The van der Waals surface area contributed by atoms with Crippen molar-refractivity contribution in [3.05, 3.63) is 11.3 Å². The summed E-state index contributed by atoms with van der Waals surface area (Å²) in [6, 6.07) is 0. The first-order chi connectivity index (χ1) is 9.35. The highest BCUT2D eigenvalue weighted by atomic mass is 19.4. The molecule has 0 bridgehead atoms. The first-order valence-corrected chi connectivity index (χ1v) is 6.06. The van der Waals surface area contributed by atoms with Crippen molar-refractivity contribution >= 4 is 0 Å².